The molecule has 1 unspecified atom stereocenters. The van der Waals surface area contributed by atoms with Gasteiger partial charge in [0.25, 0.3) is 5.56 Å². The molecule has 2 aromatic rings. The molecule has 1 atom stereocenters. The SMILES string of the molecule is Cc1ccc(C(O)CN2CC(Cn3nc(C(C)(C)C)ccc3=O)C2)o1. The minimum absolute atomic E-state index is 0.0578. The Morgan fingerprint density at radius 3 is 2.60 bits per heavy atom. The van der Waals surface area contributed by atoms with Gasteiger partial charge in [0.2, 0.25) is 0 Å². The number of nitrogens with zero attached hydrogens (tertiary/aromatic N) is 3. The molecule has 1 aliphatic rings. The predicted octanol–water partition coefficient (Wildman–Crippen LogP) is 2.11. The van der Waals surface area contributed by atoms with E-state index >= 15 is 0 Å². The molecule has 3 heterocycles. The fourth-order valence-corrected chi connectivity index (χ4v) is 3.13. The second-order valence-corrected chi connectivity index (χ2v) is 8.04. The molecule has 0 bridgehead atoms. The Morgan fingerprint density at radius 2 is 2.00 bits per heavy atom. The van der Waals surface area contributed by atoms with E-state index < -0.39 is 6.10 Å². The minimum atomic E-state index is -0.611. The highest BCUT2D eigenvalue weighted by molar-refractivity contribution is 5.11. The normalized spacial score (nSPS) is 17.5. The van der Waals surface area contributed by atoms with Gasteiger partial charge in [0.15, 0.2) is 0 Å². The van der Waals surface area contributed by atoms with E-state index in [0.29, 0.717) is 24.8 Å². The van der Waals surface area contributed by atoms with Crippen molar-refractivity contribution in [1.29, 1.82) is 0 Å². The Morgan fingerprint density at radius 1 is 1.28 bits per heavy atom. The van der Waals surface area contributed by atoms with Crippen LogP contribution in [0.4, 0.5) is 0 Å². The molecule has 1 fully saturated rings. The van der Waals surface area contributed by atoms with Crippen LogP contribution in [0.25, 0.3) is 0 Å². The van der Waals surface area contributed by atoms with Gasteiger partial charge in [-0.05, 0) is 25.1 Å². The molecule has 25 heavy (non-hydrogen) atoms. The number of aromatic nitrogens is 2. The average Bonchev–Trinajstić information content (AvgIpc) is 2.92. The monoisotopic (exact) mass is 345 g/mol. The van der Waals surface area contributed by atoms with Crippen LogP contribution < -0.4 is 5.56 Å². The first kappa shape index (κ1) is 17.9. The van der Waals surface area contributed by atoms with Gasteiger partial charge in [-0.15, -0.1) is 0 Å². The molecule has 1 aliphatic heterocycles. The van der Waals surface area contributed by atoms with Gasteiger partial charge >= 0.3 is 0 Å². The standard InChI is InChI=1S/C19H27N3O3/c1-13-5-6-16(25-13)15(23)12-21-9-14(10-21)11-22-18(24)8-7-17(20-22)19(2,3)4/h5-8,14-15,23H,9-12H2,1-4H3. The van der Waals surface area contributed by atoms with Gasteiger partial charge in [-0.1, -0.05) is 20.8 Å². The van der Waals surface area contributed by atoms with E-state index in [2.05, 4.69) is 30.8 Å². The topological polar surface area (TPSA) is 71.5 Å². The van der Waals surface area contributed by atoms with Crippen LogP contribution in [0.1, 0.15) is 44.1 Å². The second kappa shape index (κ2) is 6.77. The third-order valence-electron chi connectivity index (χ3n) is 4.62. The quantitative estimate of drug-likeness (QED) is 0.899. The van der Waals surface area contributed by atoms with Gasteiger partial charge in [-0.3, -0.25) is 9.69 Å². The Hall–Kier alpha value is -1.92. The summed E-state index contributed by atoms with van der Waals surface area (Å²) in [5.74, 6) is 1.79. The van der Waals surface area contributed by atoms with Crippen molar-refractivity contribution in [3.63, 3.8) is 0 Å². The summed E-state index contributed by atoms with van der Waals surface area (Å²) in [6, 6.07) is 7.09. The first-order valence-corrected chi connectivity index (χ1v) is 8.78. The number of furan rings is 1. The van der Waals surface area contributed by atoms with Crippen molar-refractivity contribution >= 4 is 0 Å². The van der Waals surface area contributed by atoms with E-state index in [1.165, 1.54) is 0 Å². The van der Waals surface area contributed by atoms with E-state index in [1.807, 2.05) is 25.1 Å². The predicted molar refractivity (Wildman–Crippen MR) is 95.5 cm³/mol. The van der Waals surface area contributed by atoms with Crippen LogP contribution in [0.5, 0.6) is 0 Å². The van der Waals surface area contributed by atoms with Crippen LogP contribution in [-0.2, 0) is 12.0 Å². The third-order valence-corrected chi connectivity index (χ3v) is 4.62. The van der Waals surface area contributed by atoms with Gasteiger partial charge < -0.3 is 9.52 Å². The molecule has 136 valence electrons. The molecule has 1 saturated heterocycles. The molecule has 0 spiro atoms. The Balaban J connectivity index is 1.54. The van der Waals surface area contributed by atoms with Crippen molar-refractivity contribution in [3.05, 3.63) is 51.8 Å². The molecule has 1 N–H and O–H groups in total. The number of aliphatic hydroxyl groups is 1. The Kier molecular flexibility index (Phi) is 4.84. The molecule has 3 rings (SSSR count). The van der Waals surface area contributed by atoms with Crippen LogP contribution in [0.15, 0.2) is 33.5 Å². The van der Waals surface area contributed by atoms with Crippen molar-refractivity contribution in [3.8, 4) is 0 Å². The maximum atomic E-state index is 12.1. The molecular weight excluding hydrogens is 318 g/mol. The molecule has 0 saturated carbocycles. The van der Waals surface area contributed by atoms with Crippen LogP contribution in [-0.4, -0.2) is 39.4 Å². The molecule has 0 aromatic carbocycles. The van der Waals surface area contributed by atoms with Crippen LogP contribution in [0.3, 0.4) is 0 Å². The zero-order chi connectivity index (χ0) is 18.2. The number of hydrogen-bond acceptors (Lipinski definition) is 5. The second-order valence-electron chi connectivity index (χ2n) is 8.04. The fourth-order valence-electron chi connectivity index (χ4n) is 3.13. The van der Waals surface area contributed by atoms with Crippen LogP contribution in [0.2, 0.25) is 0 Å². The summed E-state index contributed by atoms with van der Waals surface area (Å²) in [5, 5.41) is 14.7. The van der Waals surface area contributed by atoms with Gasteiger partial charge in [-0.25, -0.2) is 4.68 Å². The summed E-state index contributed by atoms with van der Waals surface area (Å²) in [5.41, 5.74) is 0.788. The zero-order valence-corrected chi connectivity index (χ0v) is 15.4. The largest absolute Gasteiger partial charge is 0.464 e. The lowest BCUT2D eigenvalue weighted by Crippen LogP contribution is -2.50. The molecule has 2 aromatic heterocycles. The number of rotatable bonds is 5. The van der Waals surface area contributed by atoms with E-state index in [0.717, 1.165) is 24.5 Å². The van der Waals surface area contributed by atoms with E-state index in [9.17, 15) is 9.90 Å². The maximum Gasteiger partial charge on any atom is 0.266 e. The highest BCUT2D eigenvalue weighted by atomic mass is 16.4. The molecule has 0 aliphatic carbocycles. The highest BCUT2D eigenvalue weighted by Gasteiger charge is 2.30. The molecule has 0 radical (unpaired) electrons. The lowest BCUT2D eigenvalue weighted by Gasteiger charge is -2.40. The van der Waals surface area contributed by atoms with E-state index in [-0.39, 0.29) is 11.0 Å². The maximum absolute atomic E-state index is 12.1. The van der Waals surface area contributed by atoms with Crippen molar-refractivity contribution in [1.82, 2.24) is 14.7 Å². The smallest absolute Gasteiger partial charge is 0.266 e. The summed E-state index contributed by atoms with van der Waals surface area (Å²) < 4.78 is 7.04. The number of β-amino-alcohol motifs (C(OH)–C–C–N with tert-alkyl or cyclic N) is 1. The van der Waals surface area contributed by atoms with Gasteiger partial charge in [0.1, 0.15) is 17.6 Å². The van der Waals surface area contributed by atoms with Crippen molar-refractivity contribution in [2.75, 3.05) is 19.6 Å². The summed E-state index contributed by atoms with van der Waals surface area (Å²) in [4.78, 5) is 14.2. The summed E-state index contributed by atoms with van der Waals surface area (Å²) in [6.07, 6.45) is -0.611. The lowest BCUT2D eigenvalue weighted by atomic mass is 9.92. The first-order valence-electron chi connectivity index (χ1n) is 8.78. The molecule has 6 heteroatoms. The van der Waals surface area contributed by atoms with Gasteiger partial charge in [-0.2, -0.15) is 5.10 Å². The van der Waals surface area contributed by atoms with Crippen molar-refractivity contribution < 1.29 is 9.52 Å². The Labute approximate surface area is 148 Å². The fraction of sp³-hybridized carbons (Fsp3) is 0.579. The lowest BCUT2D eigenvalue weighted by molar-refractivity contribution is 0.0231. The average molecular weight is 345 g/mol. The van der Waals surface area contributed by atoms with E-state index in [1.54, 1.807) is 10.7 Å². The van der Waals surface area contributed by atoms with Crippen LogP contribution >= 0.6 is 0 Å². The first-order chi connectivity index (χ1) is 11.7. The number of likely N-dealkylation sites (tertiary alicyclic amines) is 1. The van der Waals surface area contributed by atoms with E-state index in [4.69, 9.17) is 4.42 Å². The number of hydrogen-bond donors (Lipinski definition) is 1. The molecular formula is C19H27N3O3. The summed E-state index contributed by atoms with van der Waals surface area (Å²) >= 11 is 0. The number of aliphatic hydroxyl groups excluding tert-OH is 1. The van der Waals surface area contributed by atoms with Gasteiger partial charge in [0.05, 0.1) is 12.2 Å². The minimum Gasteiger partial charge on any atom is -0.464 e. The summed E-state index contributed by atoms with van der Waals surface area (Å²) in [6.45, 7) is 11.0. The third kappa shape index (κ3) is 4.19. The highest BCUT2D eigenvalue weighted by Crippen LogP contribution is 2.23. The zero-order valence-electron chi connectivity index (χ0n) is 15.4. The van der Waals surface area contributed by atoms with Gasteiger partial charge in [0, 0.05) is 37.0 Å². The van der Waals surface area contributed by atoms with Crippen molar-refractivity contribution in [2.45, 2.75) is 45.8 Å². The van der Waals surface area contributed by atoms with Crippen LogP contribution in [0, 0.1) is 12.8 Å². The summed E-state index contributed by atoms with van der Waals surface area (Å²) in [7, 11) is 0. The molecule has 0 amide bonds. The Bertz CT molecular complexity index is 782. The van der Waals surface area contributed by atoms with Crippen molar-refractivity contribution in [2.24, 2.45) is 5.92 Å². The number of aryl methyl sites for hydroxylation is 1. The molecule has 6 nitrogen and oxygen atoms in total.